The van der Waals surface area contributed by atoms with Crippen LogP contribution in [0.1, 0.15) is 40.9 Å². The molecule has 2 aromatic heterocycles. The van der Waals surface area contributed by atoms with E-state index in [1.54, 1.807) is 53.4 Å². The highest BCUT2D eigenvalue weighted by Gasteiger charge is 2.37. The molecule has 0 bridgehead atoms. The lowest BCUT2D eigenvalue weighted by molar-refractivity contribution is 0.102. The number of pyridine rings is 1. The summed E-state index contributed by atoms with van der Waals surface area (Å²) in [5.74, 6) is -0.856. The number of carbonyl (C=O) groups excluding carboxylic acids is 2. The number of nitrogens with one attached hydrogen (secondary N) is 2. The number of anilines is 3. The van der Waals surface area contributed by atoms with Crippen LogP contribution in [0.15, 0.2) is 54.7 Å². The summed E-state index contributed by atoms with van der Waals surface area (Å²) < 4.78 is 6.68. The van der Waals surface area contributed by atoms with Crippen LogP contribution in [0.5, 0.6) is 0 Å². The van der Waals surface area contributed by atoms with Crippen molar-refractivity contribution >= 4 is 60.1 Å². The van der Waals surface area contributed by atoms with Gasteiger partial charge in [-0.2, -0.15) is 5.26 Å². The predicted octanol–water partition coefficient (Wildman–Crippen LogP) is 6.61. The van der Waals surface area contributed by atoms with E-state index in [0.717, 1.165) is 11.3 Å². The van der Waals surface area contributed by atoms with Crippen LogP contribution in [0, 0.1) is 11.5 Å². The van der Waals surface area contributed by atoms with Gasteiger partial charge in [0.25, 0.3) is 11.8 Å². The Bertz CT molecular complexity index is 1300. The first-order chi connectivity index (χ1) is 17.4. The number of halogens is 1. The number of carbonyl (C=O) groups is 2. The summed E-state index contributed by atoms with van der Waals surface area (Å²) >= 11 is 7.06. The molecule has 0 aliphatic carbocycles. The van der Waals surface area contributed by atoms with Gasteiger partial charge in [-0.15, -0.1) is 11.3 Å². The fourth-order valence-corrected chi connectivity index (χ4v) is 5.04. The second kappa shape index (κ2) is 11.9. The molecule has 8 nitrogen and oxygen atoms in total. The molecule has 37 heavy (non-hydrogen) atoms. The molecule has 2 N–H and O–H groups in total. The van der Waals surface area contributed by atoms with E-state index in [1.807, 2.05) is 0 Å². The summed E-state index contributed by atoms with van der Waals surface area (Å²) in [7, 11) is -1.90. The van der Waals surface area contributed by atoms with Crippen LogP contribution in [0.3, 0.4) is 0 Å². The molecule has 0 aliphatic heterocycles. The molecule has 0 spiro atoms. The normalized spacial score (nSPS) is 11.5. The first kappa shape index (κ1) is 28.3. The van der Waals surface area contributed by atoms with Gasteiger partial charge in [-0.25, -0.2) is 4.98 Å². The number of nitriles is 1. The van der Waals surface area contributed by atoms with E-state index >= 15 is 0 Å². The molecule has 0 radical (unpaired) electrons. The van der Waals surface area contributed by atoms with E-state index in [9.17, 15) is 14.9 Å². The van der Waals surface area contributed by atoms with Gasteiger partial charge in [-0.3, -0.25) is 14.5 Å². The molecule has 0 saturated heterocycles. The Kier molecular flexibility index (Phi) is 9.10. The van der Waals surface area contributed by atoms with Crippen LogP contribution < -0.4 is 15.5 Å². The van der Waals surface area contributed by atoms with Crippen molar-refractivity contribution in [3.63, 3.8) is 0 Å². The summed E-state index contributed by atoms with van der Waals surface area (Å²) in [4.78, 5) is 31.6. The van der Waals surface area contributed by atoms with Gasteiger partial charge in [-0.1, -0.05) is 32.4 Å². The third-order valence-electron chi connectivity index (χ3n) is 6.21. The average Bonchev–Trinajstić information content (AvgIpc) is 3.28. The lowest BCUT2D eigenvalue weighted by Crippen LogP contribution is -2.42. The molecular weight excluding hydrogens is 526 g/mol. The summed E-state index contributed by atoms with van der Waals surface area (Å²) in [6.07, 6.45) is 3.67. The number of rotatable bonds is 9. The van der Waals surface area contributed by atoms with Crippen molar-refractivity contribution in [2.75, 3.05) is 28.7 Å². The SMILES string of the molecule is CC(C)(C)[Si](C)(C)OCCN(C#N)c1ccc(NC(=O)c2ncccc2NC(=O)c2ccc(Cl)s2)cc1. The zero-order valence-electron chi connectivity index (χ0n) is 21.5. The maximum Gasteiger partial charge on any atom is 0.276 e. The Balaban J connectivity index is 1.63. The van der Waals surface area contributed by atoms with E-state index < -0.39 is 14.2 Å². The minimum absolute atomic E-state index is 0.0732. The lowest BCUT2D eigenvalue weighted by Gasteiger charge is -2.36. The van der Waals surface area contributed by atoms with Gasteiger partial charge in [-0.05, 0) is 66.7 Å². The van der Waals surface area contributed by atoms with Crippen LogP contribution in [0.25, 0.3) is 0 Å². The molecule has 0 unspecified atom stereocenters. The van der Waals surface area contributed by atoms with Crippen LogP contribution in [0.2, 0.25) is 22.5 Å². The van der Waals surface area contributed by atoms with Gasteiger partial charge < -0.3 is 15.1 Å². The molecule has 0 fully saturated rings. The van der Waals surface area contributed by atoms with Crippen molar-refractivity contribution in [2.24, 2.45) is 0 Å². The predicted molar refractivity (Wildman–Crippen MR) is 152 cm³/mol. The number of amides is 2. The van der Waals surface area contributed by atoms with Crippen LogP contribution in [0.4, 0.5) is 17.1 Å². The monoisotopic (exact) mass is 555 g/mol. The molecule has 3 aromatic rings. The van der Waals surface area contributed by atoms with Crippen molar-refractivity contribution in [3.05, 3.63) is 69.6 Å². The number of nitrogens with zero attached hydrogens (tertiary/aromatic N) is 3. The third-order valence-corrected chi connectivity index (χ3v) is 12.0. The van der Waals surface area contributed by atoms with E-state index in [-0.39, 0.29) is 22.3 Å². The Labute approximate surface area is 227 Å². The fourth-order valence-electron chi connectivity index (χ4n) is 3.07. The van der Waals surface area contributed by atoms with Crippen LogP contribution in [-0.4, -0.2) is 38.3 Å². The maximum absolute atomic E-state index is 12.9. The zero-order chi connectivity index (χ0) is 27.2. The highest BCUT2D eigenvalue weighted by molar-refractivity contribution is 7.18. The number of aromatic nitrogens is 1. The Morgan fingerprint density at radius 3 is 2.41 bits per heavy atom. The van der Waals surface area contributed by atoms with Crippen molar-refractivity contribution in [3.8, 4) is 6.19 Å². The van der Waals surface area contributed by atoms with Crippen molar-refractivity contribution in [1.29, 1.82) is 5.26 Å². The van der Waals surface area contributed by atoms with E-state index in [2.05, 4.69) is 55.7 Å². The van der Waals surface area contributed by atoms with E-state index in [0.29, 0.717) is 33.7 Å². The van der Waals surface area contributed by atoms with E-state index in [4.69, 9.17) is 16.0 Å². The molecule has 2 heterocycles. The Hall–Kier alpha value is -3.23. The number of hydrogen-bond donors (Lipinski definition) is 2. The number of thiophene rings is 1. The first-order valence-corrected chi connectivity index (χ1v) is 15.8. The van der Waals surface area contributed by atoms with Gasteiger partial charge in [0, 0.05) is 11.9 Å². The molecule has 0 aliphatic rings. The van der Waals surface area contributed by atoms with Crippen molar-refractivity contribution in [2.45, 2.75) is 38.9 Å². The fraction of sp³-hybridized carbons (Fsp3) is 0.308. The highest BCUT2D eigenvalue weighted by atomic mass is 35.5. The molecule has 194 valence electrons. The summed E-state index contributed by atoms with van der Waals surface area (Å²) in [5.41, 5.74) is 1.57. The standard InChI is InChI=1S/C26H30ClN5O3SSi/c1-26(2,3)37(4,5)35-16-15-32(17-28)19-10-8-18(9-11-19)30-25(34)23-20(7-6-14-29-23)31-24(33)21-12-13-22(27)36-21/h6-14H,15-16H2,1-5H3,(H,30,34)(H,31,33). The average molecular weight is 556 g/mol. The zero-order valence-corrected chi connectivity index (χ0v) is 24.0. The quantitative estimate of drug-likeness (QED) is 0.175. The van der Waals surface area contributed by atoms with Gasteiger partial charge >= 0.3 is 0 Å². The van der Waals surface area contributed by atoms with Gasteiger partial charge in [0.15, 0.2) is 20.2 Å². The summed E-state index contributed by atoms with van der Waals surface area (Å²) in [5, 5.41) is 15.2. The van der Waals surface area contributed by atoms with Crippen molar-refractivity contribution in [1.82, 2.24) is 4.98 Å². The number of hydrogen-bond acceptors (Lipinski definition) is 7. The molecule has 0 atom stereocenters. The van der Waals surface area contributed by atoms with Crippen LogP contribution >= 0.6 is 22.9 Å². The van der Waals surface area contributed by atoms with Gasteiger partial charge in [0.2, 0.25) is 0 Å². The molecule has 1 aromatic carbocycles. The minimum Gasteiger partial charge on any atom is -0.415 e. The second-order valence-electron chi connectivity index (χ2n) is 9.82. The smallest absolute Gasteiger partial charge is 0.276 e. The molecule has 2 amide bonds. The molecule has 0 saturated carbocycles. The maximum atomic E-state index is 12.9. The van der Waals surface area contributed by atoms with Gasteiger partial charge in [0.05, 0.1) is 33.7 Å². The topological polar surface area (TPSA) is 107 Å². The largest absolute Gasteiger partial charge is 0.415 e. The third kappa shape index (κ3) is 7.39. The van der Waals surface area contributed by atoms with Gasteiger partial charge in [0.1, 0.15) is 0 Å². The summed E-state index contributed by atoms with van der Waals surface area (Å²) in [6.45, 7) is 11.8. The second-order valence-corrected chi connectivity index (χ2v) is 16.3. The highest BCUT2D eigenvalue weighted by Crippen LogP contribution is 2.36. The Morgan fingerprint density at radius 2 is 1.81 bits per heavy atom. The molecular formula is C26H30ClN5O3SSi. The first-order valence-electron chi connectivity index (χ1n) is 11.7. The minimum atomic E-state index is -1.90. The molecule has 3 rings (SSSR count). The molecule has 11 heteroatoms. The number of benzene rings is 1. The van der Waals surface area contributed by atoms with Crippen LogP contribution in [-0.2, 0) is 4.43 Å². The summed E-state index contributed by atoms with van der Waals surface area (Å²) in [6, 6.07) is 13.4. The Morgan fingerprint density at radius 1 is 1.11 bits per heavy atom. The van der Waals surface area contributed by atoms with Crippen molar-refractivity contribution < 1.29 is 14.0 Å². The van der Waals surface area contributed by atoms with E-state index in [1.165, 1.54) is 6.20 Å². The lowest BCUT2D eigenvalue weighted by atomic mass is 10.2.